The van der Waals surface area contributed by atoms with Crippen LogP contribution >= 0.6 is 0 Å². The van der Waals surface area contributed by atoms with Crippen molar-refractivity contribution in [1.29, 1.82) is 0 Å². The third kappa shape index (κ3) is 2.36. The maximum atomic E-state index is 13.6. The van der Waals surface area contributed by atoms with Gasteiger partial charge in [-0.3, -0.25) is 4.79 Å². The summed E-state index contributed by atoms with van der Waals surface area (Å²) >= 11 is 0. The fraction of sp³-hybridized carbons (Fsp3) is 0.194. The zero-order chi connectivity index (χ0) is 22.4. The molecule has 0 spiro atoms. The van der Waals surface area contributed by atoms with E-state index < -0.39 is 0 Å². The number of fused-ring (bicyclic) bond motifs is 3. The molecule has 160 valence electrons. The molecule has 4 aromatic rings. The van der Waals surface area contributed by atoms with Crippen LogP contribution in [0.15, 0.2) is 72.3 Å². The van der Waals surface area contributed by atoms with Gasteiger partial charge in [0.2, 0.25) is 0 Å². The van der Waals surface area contributed by atoms with Gasteiger partial charge in [0.05, 0.1) is 0 Å². The fourth-order valence-electron chi connectivity index (χ4n) is 6.69. The van der Waals surface area contributed by atoms with Gasteiger partial charge in [0.25, 0.3) is 0 Å². The molecule has 2 heteroatoms. The Hall–Kier alpha value is -3.65. The van der Waals surface area contributed by atoms with Gasteiger partial charge in [0, 0.05) is 11.3 Å². The van der Waals surface area contributed by atoms with Crippen LogP contribution < -0.4 is 4.74 Å². The average molecular weight is 429 g/mol. The lowest BCUT2D eigenvalue weighted by atomic mass is 9.67. The zero-order valence-electron chi connectivity index (χ0n) is 19.0. The summed E-state index contributed by atoms with van der Waals surface area (Å²) < 4.78 is 6.11. The van der Waals surface area contributed by atoms with E-state index in [9.17, 15) is 4.79 Å². The van der Waals surface area contributed by atoms with Gasteiger partial charge < -0.3 is 4.74 Å². The molecule has 2 aliphatic carbocycles. The molecular formula is C31H24O2. The first-order valence-electron chi connectivity index (χ1n) is 11.7. The van der Waals surface area contributed by atoms with Crippen LogP contribution in [0.2, 0.25) is 0 Å². The third-order valence-corrected chi connectivity index (χ3v) is 7.85. The Morgan fingerprint density at radius 1 is 0.788 bits per heavy atom. The van der Waals surface area contributed by atoms with Gasteiger partial charge in [0.1, 0.15) is 11.7 Å². The molecule has 0 bridgehead atoms. The van der Waals surface area contributed by atoms with E-state index in [1.807, 2.05) is 0 Å². The molecule has 2 atom stereocenters. The Morgan fingerprint density at radius 3 is 2.33 bits per heavy atom. The number of allylic oxidation sites excluding steroid dienone is 1. The monoisotopic (exact) mass is 428 g/mol. The Kier molecular flexibility index (Phi) is 3.69. The largest absolute Gasteiger partial charge is 0.425 e. The molecule has 2 nitrogen and oxygen atoms in total. The van der Waals surface area contributed by atoms with Crippen molar-refractivity contribution in [3.63, 3.8) is 0 Å². The predicted molar refractivity (Wildman–Crippen MR) is 132 cm³/mol. The van der Waals surface area contributed by atoms with Crippen LogP contribution in [0.4, 0.5) is 0 Å². The predicted octanol–water partition coefficient (Wildman–Crippen LogP) is 6.92. The van der Waals surface area contributed by atoms with E-state index in [1.54, 1.807) is 0 Å². The number of rotatable bonds is 1. The van der Waals surface area contributed by atoms with E-state index in [1.165, 1.54) is 55.5 Å². The summed E-state index contributed by atoms with van der Waals surface area (Å²) in [6, 6.07) is 23.9. The van der Waals surface area contributed by atoms with E-state index >= 15 is 0 Å². The summed E-state index contributed by atoms with van der Waals surface area (Å²) in [5.74, 6) is 0.397. The number of aryl methyl sites for hydroxylation is 3. The maximum absolute atomic E-state index is 13.6. The van der Waals surface area contributed by atoms with Gasteiger partial charge in [-0.2, -0.15) is 0 Å². The summed E-state index contributed by atoms with van der Waals surface area (Å²) in [6.45, 7) is 6.42. The molecular weight excluding hydrogens is 404 g/mol. The number of carbonyl (C=O) groups is 1. The van der Waals surface area contributed by atoms with Crippen molar-refractivity contribution in [2.75, 3.05) is 0 Å². The molecule has 0 fully saturated rings. The van der Waals surface area contributed by atoms with E-state index in [4.69, 9.17) is 4.74 Å². The summed E-state index contributed by atoms with van der Waals surface area (Å²) in [7, 11) is 0. The van der Waals surface area contributed by atoms with Crippen LogP contribution in [0, 0.1) is 20.8 Å². The normalized spacial score (nSPS) is 20.0. The van der Waals surface area contributed by atoms with Crippen molar-refractivity contribution < 1.29 is 9.53 Å². The van der Waals surface area contributed by atoms with Gasteiger partial charge in [-0.05, 0) is 88.2 Å². The Labute approximate surface area is 193 Å². The number of carbonyl (C=O) groups excluding carboxylic acids is 1. The topological polar surface area (TPSA) is 26.3 Å². The van der Waals surface area contributed by atoms with Gasteiger partial charge in [-0.1, -0.05) is 66.7 Å². The van der Waals surface area contributed by atoms with E-state index in [-0.39, 0.29) is 17.8 Å². The molecule has 0 N–H and O–H groups in total. The van der Waals surface area contributed by atoms with Crippen LogP contribution in [0.25, 0.3) is 16.3 Å². The summed E-state index contributed by atoms with van der Waals surface area (Å²) in [6.07, 6.45) is 0.809. The van der Waals surface area contributed by atoms with Crippen LogP contribution in [0.5, 0.6) is 5.75 Å². The highest BCUT2D eigenvalue weighted by atomic mass is 16.5. The summed E-state index contributed by atoms with van der Waals surface area (Å²) in [5, 5.41) is 2.38. The van der Waals surface area contributed by atoms with Gasteiger partial charge in [-0.15, -0.1) is 0 Å². The van der Waals surface area contributed by atoms with Gasteiger partial charge in [0.15, 0.2) is 0 Å². The number of hydrogen-bond donors (Lipinski definition) is 0. The van der Waals surface area contributed by atoms with Crippen LogP contribution in [-0.2, 0) is 11.2 Å². The van der Waals surface area contributed by atoms with E-state index in [0.717, 1.165) is 23.1 Å². The lowest BCUT2D eigenvalue weighted by Gasteiger charge is -2.38. The summed E-state index contributed by atoms with van der Waals surface area (Å²) in [4.78, 5) is 13.6. The SMILES string of the molecule is Cc1cc(C)c2c(C)cc3c4c2c1OC(=O)C4C1=C(c2ccccc2C1)C3c1ccccc1. The van der Waals surface area contributed by atoms with Crippen molar-refractivity contribution in [3.05, 3.63) is 117 Å². The van der Waals surface area contributed by atoms with Crippen molar-refractivity contribution >= 4 is 22.3 Å². The van der Waals surface area contributed by atoms with Gasteiger partial charge in [-0.25, -0.2) is 0 Å². The minimum absolute atomic E-state index is 0.110. The number of esters is 1. The molecule has 3 aliphatic rings. The molecule has 0 aromatic heterocycles. The molecule has 7 rings (SSSR count). The maximum Gasteiger partial charge on any atom is 0.323 e. The van der Waals surface area contributed by atoms with E-state index in [0.29, 0.717) is 0 Å². The van der Waals surface area contributed by atoms with Crippen molar-refractivity contribution in [2.24, 2.45) is 0 Å². The molecule has 2 unspecified atom stereocenters. The van der Waals surface area contributed by atoms with Crippen LogP contribution in [-0.4, -0.2) is 5.97 Å². The highest BCUT2D eigenvalue weighted by Gasteiger charge is 2.46. The molecule has 0 amide bonds. The number of ether oxygens (including phenoxy) is 1. The first-order valence-corrected chi connectivity index (χ1v) is 11.7. The third-order valence-electron chi connectivity index (χ3n) is 7.85. The smallest absolute Gasteiger partial charge is 0.323 e. The average Bonchev–Trinajstić information content (AvgIpc) is 3.19. The molecule has 33 heavy (non-hydrogen) atoms. The first-order chi connectivity index (χ1) is 16.0. The second-order valence-electron chi connectivity index (χ2n) is 9.76. The fourth-order valence-corrected chi connectivity index (χ4v) is 6.69. The van der Waals surface area contributed by atoms with E-state index in [2.05, 4.69) is 87.5 Å². The van der Waals surface area contributed by atoms with Crippen LogP contribution in [0.3, 0.4) is 0 Å². The van der Waals surface area contributed by atoms with Crippen molar-refractivity contribution in [3.8, 4) is 5.75 Å². The van der Waals surface area contributed by atoms with Gasteiger partial charge >= 0.3 is 5.97 Å². The summed E-state index contributed by atoms with van der Waals surface area (Å²) in [5.41, 5.74) is 12.3. The second-order valence-corrected chi connectivity index (χ2v) is 9.76. The Morgan fingerprint density at radius 2 is 1.52 bits per heavy atom. The molecule has 1 heterocycles. The lowest BCUT2D eigenvalue weighted by molar-refractivity contribution is -0.135. The first kappa shape index (κ1) is 18.9. The minimum atomic E-state index is -0.334. The highest BCUT2D eigenvalue weighted by Crippen LogP contribution is 2.59. The van der Waals surface area contributed by atoms with Crippen molar-refractivity contribution in [2.45, 2.75) is 39.0 Å². The van der Waals surface area contributed by atoms with Crippen molar-refractivity contribution in [1.82, 2.24) is 0 Å². The quantitative estimate of drug-likeness (QED) is 0.243. The van der Waals surface area contributed by atoms with Crippen LogP contribution in [0.1, 0.15) is 56.3 Å². The Balaban J connectivity index is 1.66. The lowest BCUT2D eigenvalue weighted by Crippen LogP contribution is -2.31. The minimum Gasteiger partial charge on any atom is -0.425 e. The number of hydrogen-bond acceptors (Lipinski definition) is 2. The standard InChI is InChI=1S/C31H24O2/c1-16-13-18(3)30-29-24(16)17(2)14-22-25(19-9-5-4-6-10-19)26-21-12-8-7-11-20(21)15-23(26)28(27(22)29)31(32)33-30/h4-14,25,28H,15H2,1-3H3. The molecule has 0 radical (unpaired) electrons. The second kappa shape index (κ2) is 6.45. The molecule has 4 aromatic carbocycles. The zero-order valence-corrected chi connectivity index (χ0v) is 19.0. The molecule has 1 aliphatic heterocycles. The molecule has 0 saturated heterocycles. The molecule has 0 saturated carbocycles. The Bertz CT molecular complexity index is 1560. The highest BCUT2D eigenvalue weighted by molar-refractivity contribution is 6.09. The number of benzene rings is 4.